The predicted octanol–water partition coefficient (Wildman–Crippen LogP) is 3.08. The zero-order valence-corrected chi connectivity index (χ0v) is 21.1. The quantitative estimate of drug-likeness (QED) is 0.209. The molecule has 3 heterocycles. The van der Waals surface area contributed by atoms with Crippen LogP contribution in [0.1, 0.15) is 30.3 Å². The molecule has 9 nitrogen and oxygen atoms in total. The molecule has 4 rings (SSSR count). The van der Waals surface area contributed by atoms with Gasteiger partial charge in [-0.1, -0.05) is 17.4 Å². The van der Waals surface area contributed by atoms with Crippen LogP contribution in [0.2, 0.25) is 0 Å². The molecule has 0 bridgehead atoms. The lowest BCUT2D eigenvalue weighted by Gasteiger charge is -2.23. The molecule has 0 saturated carbocycles. The second-order valence-corrected chi connectivity index (χ2v) is 10.1. The summed E-state index contributed by atoms with van der Waals surface area (Å²) in [5.74, 6) is -0.957. The number of halogens is 1. The molecule has 0 radical (unpaired) electrons. The lowest BCUT2D eigenvalue weighted by Crippen LogP contribution is -2.39. The summed E-state index contributed by atoms with van der Waals surface area (Å²) in [5.41, 5.74) is 0.334. The number of benzene rings is 1. The van der Waals surface area contributed by atoms with Crippen molar-refractivity contribution in [2.45, 2.75) is 19.9 Å². The van der Waals surface area contributed by atoms with Crippen LogP contribution in [0, 0.1) is 13.7 Å². The fourth-order valence-electron chi connectivity index (χ4n) is 3.49. The summed E-state index contributed by atoms with van der Waals surface area (Å²) in [7, 11) is 0. The summed E-state index contributed by atoms with van der Waals surface area (Å²) in [6.07, 6.45) is 1.52. The molecule has 1 aromatic carbocycles. The van der Waals surface area contributed by atoms with Gasteiger partial charge in [0.05, 0.1) is 30.9 Å². The number of allylic oxidation sites excluding steroid dienone is 1. The molecule has 2 aromatic heterocycles. The molecule has 1 aliphatic rings. The van der Waals surface area contributed by atoms with Gasteiger partial charge in [-0.15, -0.1) is 11.3 Å². The standard InChI is InChI=1S/C21H16IN3O6S2/c1-3-31-20(28)16-10(2)23-21-24(17(16)14-5-4-6-32-14)19(27)15(33-21)9-11-7-12(22)18(26)13(8-11)25(29)30/h4-9,17,26H,3H2,1-2H3/b15-9-/t17-/m1/s1. The van der Waals surface area contributed by atoms with E-state index in [9.17, 15) is 24.8 Å². The molecule has 1 N–H and O–H groups in total. The van der Waals surface area contributed by atoms with E-state index in [-0.39, 0.29) is 15.7 Å². The number of aromatic nitrogens is 1. The summed E-state index contributed by atoms with van der Waals surface area (Å²) in [5, 5.41) is 23.1. The number of ether oxygens (including phenoxy) is 1. The maximum absolute atomic E-state index is 13.5. The van der Waals surface area contributed by atoms with Gasteiger partial charge < -0.3 is 9.84 Å². The molecule has 0 saturated heterocycles. The van der Waals surface area contributed by atoms with E-state index < -0.39 is 28.4 Å². The van der Waals surface area contributed by atoms with Gasteiger partial charge >= 0.3 is 11.7 Å². The highest BCUT2D eigenvalue weighted by atomic mass is 127. The van der Waals surface area contributed by atoms with Crippen molar-refractivity contribution in [1.82, 2.24) is 4.57 Å². The Morgan fingerprint density at radius 2 is 2.21 bits per heavy atom. The van der Waals surface area contributed by atoms with Gasteiger partial charge in [0.2, 0.25) is 5.75 Å². The van der Waals surface area contributed by atoms with Crippen LogP contribution in [-0.2, 0) is 9.53 Å². The fraction of sp³-hybridized carbons (Fsp3) is 0.190. The van der Waals surface area contributed by atoms with Gasteiger partial charge in [0.15, 0.2) is 4.80 Å². The van der Waals surface area contributed by atoms with Crippen molar-refractivity contribution in [3.05, 3.63) is 84.7 Å². The van der Waals surface area contributed by atoms with Crippen LogP contribution < -0.4 is 14.9 Å². The molecule has 0 fully saturated rings. The van der Waals surface area contributed by atoms with Gasteiger partial charge in [-0.2, -0.15) is 0 Å². The number of phenols is 1. The summed E-state index contributed by atoms with van der Waals surface area (Å²) < 4.78 is 7.28. The van der Waals surface area contributed by atoms with Crippen LogP contribution in [0.15, 0.2) is 50.7 Å². The monoisotopic (exact) mass is 597 g/mol. The van der Waals surface area contributed by atoms with Crippen molar-refractivity contribution < 1.29 is 19.6 Å². The number of nitro benzene ring substituents is 1. The topological polar surface area (TPSA) is 124 Å². The van der Waals surface area contributed by atoms with Crippen LogP contribution >= 0.6 is 45.3 Å². The molecule has 33 heavy (non-hydrogen) atoms. The third-order valence-corrected chi connectivity index (χ3v) is 7.62. The van der Waals surface area contributed by atoms with Crippen LogP contribution in [0.4, 0.5) is 5.69 Å². The van der Waals surface area contributed by atoms with E-state index in [1.54, 1.807) is 42.5 Å². The number of thiophene rings is 1. The van der Waals surface area contributed by atoms with Gasteiger partial charge in [0, 0.05) is 10.9 Å². The van der Waals surface area contributed by atoms with E-state index in [0.717, 1.165) is 16.2 Å². The number of aromatic hydroxyl groups is 1. The molecule has 170 valence electrons. The highest BCUT2D eigenvalue weighted by molar-refractivity contribution is 14.1. The number of hydrogen-bond acceptors (Lipinski definition) is 9. The molecule has 1 atom stereocenters. The van der Waals surface area contributed by atoms with E-state index in [4.69, 9.17) is 4.74 Å². The van der Waals surface area contributed by atoms with Gasteiger partial charge in [-0.25, -0.2) is 9.79 Å². The molecule has 12 heteroatoms. The summed E-state index contributed by atoms with van der Waals surface area (Å²) >= 11 is 4.34. The number of nitro groups is 1. The Morgan fingerprint density at radius 3 is 2.85 bits per heavy atom. The van der Waals surface area contributed by atoms with E-state index in [1.807, 2.05) is 17.5 Å². The highest BCUT2D eigenvalue weighted by Gasteiger charge is 2.33. The Bertz CT molecular complexity index is 1490. The second kappa shape index (κ2) is 9.19. The van der Waals surface area contributed by atoms with Crippen molar-refractivity contribution in [3.63, 3.8) is 0 Å². The van der Waals surface area contributed by atoms with Crippen molar-refractivity contribution in [1.29, 1.82) is 0 Å². The maximum atomic E-state index is 13.5. The Hall–Kier alpha value is -2.84. The lowest BCUT2D eigenvalue weighted by molar-refractivity contribution is -0.386. The zero-order chi connectivity index (χ0) is 23.9. The smallest absolute Gasteiger partial charge is 0.338 e. The summed E-state index contributed by atoms with van der Waals surface area (Å²) in [4.78, 5) is 42.5. The Kier molecular flexibility index (Phi) is 6.50. The number of carbonyl (C=O) groups is 1. The van der Waals surface area contributed by atoms with Crippen molar-refractivity contribution in [3.8, 4) is 5.75 Å². The van der Waals surface area contributed by atoms with Gasteiger partial charge in [-0.05, 0) is 65.6 Å². The largest absolute Gasteiger partial charge is 0.501 e. The van der Waals surface area contributed by atoms with Gasteiger partial charge in [0.1, 0.15) is 6.04 Å². The highest BCUT2D eigenvalue weighted by Crippen LogP contribution is 2.34. The Balaban J connectivity index is 1.94. The molecule has 1 aliphatic heterocycles. The number of hydrogen-bond donors (Lipinski definition) is 1. The first-order valence-corrected chi connectivity index (χ1v) is 12.4. The first kappa shape index (κ1) is 23.3. The average Bonchev–Trinajstić information content (AvgIpc) is 3.38. The summed E-state index contributed by atoms with van der Waals surface area (Å²) in [6, 6.07) is 5.76. The number of phenolic OH excluding ortho intramolecular Hbond substituents is 1. The Labute approximate surface area is 208 Å². The number of esters is 1. The minimum absolute atomic E-state index is 0.190. The molecule has 0 amide bonds. The van der Waals surface area contributed by atoms with Crippen molar-refractivity contribution >= 4 is 63.0 Å². The van der Waals surface area contributed by atoms with Crippen molar-refractivity contribution in [2.24, 2.45) is 4.99 Å². The minimum atomic E-state index is -0.684. The van der Waals surface area contributed by atoms with Crippen LogP contribution in [0.25, 0.3) is 6.08 Å². The molecular weight excluding hydrogens is 581 g/mol. The third-order valence-electron chi connectivity index (χ3n) is 4.89. The third kappa shape index (κ3) is 4.25. The normalized spacial score (nSPS) is 15.8. The number of nitrogens with zero attached hydrogens (tertiary/aromatic N) is 3. The van der Waals surface area contributed by atoms with Crippen LogP contribution in [-0.4, -0.2) is 27.2 Å². The molecule has 0 spiro atoms. The molecule has 0 unspecified atom stereocenters. The van der Waals surface area contributed by atoms with Gasteiger partial charge in [0.25, 0.3) is 5.56 Å². The fourth-order valence-corrected chi connectivity index (χ4v) is 5.99. The number of thiazole rings is 1. The SMILES string of the molecule is CCOC(=O)C1=C(C)N=c2s/c(=C\c3cc(I)c(O)c([N+](=O)[O-])c3)c(=O)n2[C@@H]1c1cccs1. The lowest BCUT2D eigenvalue weighted by atomic mass is 10.0. The first-order valence-electron chi connectivity index (χ1n) is 9.62. The molecule has 3 aromatic rings. The molecular formula is C21H16IN3O6S2. The maximum Gasteiger partial charge on any atom is 0.338 e. The van der Waals surface area contributed by atoms with Crippen LogP contribution in [0.3, 0.4) is 0 Å². The first-order chi connectivity index (χ1) is 15.7. The van der Waals surface area contributed by atoms with E-state index in [1.165, 1.54) is 28.0 Å². The number of carbonyl (C=O) groups excluding carboxylic acids is 1. The van der Waals surface area contributed by atoms with Gasteiger partial charge in [-0.3, -0.25) is 19.5 Å². The molecule has 0 aliphatic carbocycles. The Morgan fingerprint density at radius 1 is 1.45 bits per heavy atom. The zero-order valence-electron chi connectivity index (χ0n) is 17.3. The van der Waals surface area contributed by atoms with E-state index in [2.05, 4.69) is 4.99 Å². The predicted molar refractivity (Wildman–Crippen MR) is 132 cm³/mol. The van der Waals surface area contributed by atoms with E-state index >= 15 is 0 Å². The summed E-state index contributed by atoms with van der Waals surface area (Å²) in [6.45, 7) is 3.60. The number of fused-ring (bicyclic) bond motifs is 1. The number of rotatable bonds is 5. The average molecular weight is 597 g/mol. The minimum Gasteiger partial charge on any atom is -0.501 e. The van der Waals surface area contributed by atoms with E-state index in [0.29, 0.717) is 26.2 Å². The van der Waals surface area contributed by atoms with Crippen molar-refractivity contribution in [2.75, 3.05) is 6.61 Å². The second-order valence-electron chi connectivity index (χ2n) is 6.95. The van der Waals surface area contributed by atoms with Crippen LogP contribution in [0.5, 0.6) is 5.75 Å².